The van der Waals surface area contributed by atoms with Crippen LogP contribution in [0.1, 0.15) is 99.4 Å². The predicted octanol–water partition coefficient (Wildman–Crippen LogP) is 19.4. The Balaban J connectivity index is 0.000000109. The van der Waals surface area contributed by atoms with E-state index in [-0.39, 0.29) is 30.5 Å². The third kappa shape index (κ3) is 14.4. The number of halogens is 3. The van der Waals surface area contributed by atoms with Gasteiger partial charge in [0.1, 0.15) is 0 Å². The van der Waals surface area contributed by atoms with Gasteiger partial charge in [0.05, 0.1) is 73.6 Å². The van der Waals surface area contributed by atoms with E-state index in [1.165, 1.54) is 120 Å². The number of aryl methyl sites for hydroxylation is 3. The fourth-order valence-corrected chi connectivity index (χ4v) is 20.9. The van der Waals surface area contributed by atoms with E-state index < -0.39 is 0 Å². The zero-order valence-electron chi connectivity index (χ0n) is 55.1. The van der Waals surface area contributed by atoms with Gasteiger partial charge >= 0.3 is 0 Å². The highest BCUT2D eigenvalue weighted by molar-refractivity contribution is 7.20. The molecule has 0 aliphatic carbocycles. The lowest BCUT2D eigenvalue weighted by Gasteiger charge is -2.24. The third-order valence-corrected chi connectivity index (χ3v) is 26.1. The first kappa shape index (κ1) is 69.3. The van der Waals surface area contributed by atoms with E-state index in [1.807, 2.05) is 90.8 Å². The molecule has 7 aromatic carbocycles. The van der Waals surface area contributed by atoms with Crippen molar-refractivity contribution in [3.63, 3.8) is 0 Å². The van der Waals surface area contributed by atoms with Crippen LogP contribution in [0.25, 0.3) is 72.7 Å². The number of hydrogen-bond acceptors (Lipinski definition) is 15. The maximum absolute atomic E-state index is 6.50. The molecule has 500 valence electrons. The molecule has 5 aromatic heterocycles. The smallest absolute Gasteiger partial charge is 0.0966 e. The third-order valence-electron chi connectivity index (χ3n) is 18.6. The molecule has 5 atom stereocenters. The first-order valence-corrected chi connectivity index (χ1v) is 38.3. The molecular weight excluding hydrogens is 1350 g/mol. The van der Waals surface area contributed by atoms with E-state index in [9.17, 15) is 0 Å². The molecule has 10 heterocycles. The summed E-state index contributed by atoms with van der Waals surface area (Å²) in [5.74, 6) is 0. The van der Waals surface area contributed by atoms with Crippen LogP contribution in [-0.4, -0.2) is 86.9 Å². The number of nitrogens with two attached hydrogens (primary N) is 2. The van der Waals surface area contributed by atoms with Crippen molar-refractivity contribution < 1.29 is 23.7 Å². The minimum atomic E-state index is 0.00630. The van der Waals surface area contributed by atoms with Crippen molar-refractivity contribution in [3.05, 3.63) is 217 Å². The predicted molar refractivity (Wildman–Crippen MR) is 411 cm³/mol. The number of rotatable bonds is 10. The van der Waals surface area contributed by atoms with Crippen molar-refractivity contribution in [2.75, 3.05) is 86.9 Å². The van der Waals surface area contributed by atoms with E-state index in [0.29, 0.717) is 13.1 Å². The summed E-state index contributed by atoms with van der Waals surface area (Å²) >= 11 is 28.6. The van der Waals surface area contributed by atoms with Crippen LogP contribution in [0.4, 0.5) is 0 Å². The van der Waals surface area contributed by atoms with Gasteiger partial charge in [-0.3, -0.25) is 0 Å². The van der Waals surface area contributed by atoms with Crippen LogP contribution in [0.2, 0.25) is 15.1 Å². The summed E-state index contributed by atoms with van der Waals surface area (Å²) in [4.78, 5) is 7.21. The lowest BCUT2D eigenvalue weighted by molar-refractivity contribution is 0.0460. The average Bonchev–Trinajstić information content (AvgIpc) is 1.65. The molecule has 0 saturated heterocycles. The highest BCUT2D eigenvalue weighted by atomic mass is 35.5. The van der Waals surface area contributed by atoms with Gasteiger partial charge in [-0.15, -0.1) is 56.7 Å². The number of likely N-dealkylation sites (N-methyl/N-ethyl adjacent to an activating group) is 3. The van der Waals surface area contributed by atoms with Crippen molar-refractivity contribution in [3.8, 4) is 22.3 Å². The molecule has 0 spiro atoms. The molecular formula is C78H82Cl3N5O5S5. The summed E-state index contributed by atoms with van der Waals surface area (Å²) in [6.45, 7) is 13.8. The number of nitrogens with one attached hydrogen (secondary N) is 3. The van der Waals surface area contributed by atoms with Crippen LogP contribution in [0.3, 0.4) is 0 Å². The molecule has 5 unspecified atom stereocenters. The van der Waals surface area contributed by atoms with Gasteiger partial charge in [0.25, 0.3) is 0 Å². The lowest BCUT2D eigenvalue weighted by Crippen LogP contribution is -2.24. The monoisotopic (exact) mass is 1430 g/mol. The van der Waals surface area contributed by atoms with E-state index in [1.54, 1.807) is 0 Å². The zero-order chi connectivity index (χ0) is 66.6. The quantitative estimate of drug-likeness (QED) is 0.0901. The highest BCUT2D eigenvalue weighted by Crippen LogP contribution is 2.48. The fourth-order valence-electron chi connectivity index (χ4n) is 13.9. The van der Waals surface area contributed by atoms with Crippen LogP contribution >= 0.6 is 91.5 Å². The highest BCUT2D eigenvalue weighted by Gasteiger charge is 2.31. The molecule has 0 fully saturated rings. The van der Waals surface area contributed by atoms with Crippen LogP contribution in [0.15, 0.2) is 133 Å². The van der Waals surface area contributed by atoms with Crippen molar-refractivity contribution in [2.24, 2.45) is 11.5 Å². The van der Waals surface area contributed by atoms with Gasteiger partial charge < -0.3 is 51.1 Å². The van der Waals surface area contributed by atoms with Gasteiger partial charge in [0.2, 0.25) is 0 Å². The van der Waals surface area contributed by atoms with Crippen LogP contribution in [0, 0.1) is 20.8 Å². The molecule has 18 heteroatoms. The minimum absolute atomic E-state index is 0.00630. The average molecular weight is 1440 g/mol. The van der Waals surface area contributed by atoms with E-state index >= 15 is 0 Å². The van der Waals surface area contributed by atoms with Crippen LogP contribution < -0.4 is 27.4 Å². The molecule has 5 aliphatic rings. The van der Waals surface area contributed by atoms with Crippen molar-refractivity contribution in [1.82, 2.24) is 16.0 Å². The zero-order valence-corrected chi connectivity index (χ0v) is 61.4. The largest absolute Gasteiger partial charge is 0.372 e. The molecule has 96 heavy (non-hydrogen) atoms. The maximum atomic E-state index is 6.50. The summed E-state index contributed by atoms with van der Waals surface area (Å²) < 4.78 is 35.9. The Morgan fingerprint density at radius 2 is 0.698 bits per heavy atom. The second-order valence-corrected chi connectivity index (χ2v) is 31.6. The van der Waals surface area contributed by atoms with Gasteiger partial charge in [-0.2, -0.15) is 0 Å². The van der Waals surface area contributed by atoms with Crippen molar-refractivity contribution in [1.29, 1.82) is 0 Å². The molecule has 7 N–H and O–H groups in total. The van der Waals surface area contributed by atoms with Gasteiger partial charge in [0, 0.05) is 162 Å². The topological polar surface area (TPSA) is 134 Å². The summed E-state index contributed by atoms with van der Waals surface area (Å²) in [5.41, 5.74) is 26.7. The first-order valence-electron chi connectivity index (χ1n) is 33.1. The standard InChI is InChI=1S/C19H19NOS.C18H17NOS.2C14H16ClNOS.C13H14ClNOS/c1-20-12-16-19-15-11-14(13-5-3-2-4-6-13)7-8-17(15)22-18(19)9-10-21-16;19-11-15-18-14-10-13(12-4-2-1-3-5-12)6-7-16(14)21-17(18)8-9-20-15;1-8-5-13-9(6-10(8)15)14-11(7-16-2)17-4-3-12(14)18-13;1-8-3-4-10-13(14(8)15)12-9(7-16-2)17-6-5-11(12)18-10;1-7-2-3-9-12(13(7)14)11-8(6-15)16-5-4-10(11)17-9/h2-8,11,16,20H,9-10,12H2,1H3;1-7,10,15H,8-9,11,19H2;5-6,11,16H,3-4,7H2,1-2H3;3-4,9,16H,5-7H2,1-2H3;2-3,8H,4-6,15H2,1H3. The Labute approximate surface area is 598 Å². The number of benzene rings is 7. The number of ether oxygens (including phenoxy) is 5. The summed E-state index contributed by atoms with van der Waals surface area (Å²) in [5, 5.41) is 18.6. The van der Waals surface area contributed by atoms with Crippen LogP contribution in [0.5, 0.6) is 0 Å². The summed E-state index contributed by atoms with van der Waals surface area (Å²) in [6.07, 6.45) is 5.56. The Hall–Kier alpha value is -5.19. The maximum Gasteiger partial charge on any atom is 0.0966 e. The Kier molecular flexibility index (Phi) is 22.8. The van der Waals surface area contributed by atoms with E-state index in [2.05, 4.69) is 157 Å². The molecule has 12 aromatic rings. The molecule has 0 amide bonds. The Morgan fingerprint density at radius 3 is 1.11 bits per heavy atom. The molecule has 17 rings (SSSR count). The Bertz CT molecular complexity index is 4700. The fraction of sp³-hybridized carbons (Fsp3) is 0.333. The van der Waals surface area contributed by atoms with Crippen LogP contribution in [-0.2, 0) is 55.8 Å². The summed E-state index contributed by atoms with van der Waals surface area (Å²) in [6, 6.07) is 47.4. The minimum Gasteiger partial charge on any atom is -0.372 e. The number of fused-ring (bicyclic) bond motifs is 15. The molecule has 0 saturated carbocycles. The molecule has 0 bridgehead atoms. The van der Waals surface area contributed by atoms with E-state index in [0.717, 1.165) is 122 Å². The number of hydrogen-bond donors (Lipinski definition) is 5. The van der Waals surface area contributed by atoms with Gasteiger partial charge in [-0.1, -0.05) is 120 Å². The molecule has 0 radical (unpaired) electrons. The SMILES string of the molecule is CNCC1OCCc2sc3cc(C)c(Cl)cc3c21.CNCC1OCCc2sc3ccc(-c4ccccc4)cc3c21.CNCC1OCCc2sc3ccc(C)c(Cl)c3c21.Cc1ccc2sc3c(c2c1Cl)C(CN)OCC3.NCC1OCCc2sc3ccc(-c4ccccc4)cc3c21. The lowest BCUT2D eigenvalue weighted by atomic mass is 9.98. The van der Waals surface area contributed by atoms with Gasteiger partial charge in [-0.05, 0) is 140 Å². The molecule has 10 nitrogen and oxygen atoms in total. The second-order valence-electron chi connectivity index (χ2n) is 24.8. The van der Waals surface area contributed by atoms with Crippen molar-refractivity contribution in [2.45, 2.75) is 83.4 Å². The molecule has 5 aliphatic heterocycles. The van der Waals surface area contributed by atoms with Gasteiger partial charge in [0.15, 0.2) is 0 Å². The normalized spacial score (nSPS) is 18.6. The van der Waals surface area contributed by atoms with Crippen molar-refractivity contribution >= 4 is 142 Å². The van der Waals surface area contributed by atoms with Gasteiger partial charge in [-0.25, -0.2) is 0 Å². The Morgan fingerprint density at radius 1 is 0.365 bits per heavy atom. The van der Waals surface area contributed by atoms with E-state index in [4.69, 9.17) is 70.0 Å². The number of thiophene rings is 5. The second kappa shape index (κ2) is 31.6. The first-order chi connectivity index (χ1) is 46.9. The summed E-state index contributed by atoms with van der Waals surface area (Å²) in [7, 11) is 5.91.